The van der Waals surface area contributed by atoms with Crippen molar-refractivity contribution < 1.29 is 0 Å². The lowest BCUT2D eigenvalue weighted by atomic mass is 10.1. The Balaban J connectivity index is 1.98. The maximum atomic E-state index is 6.22. The standard InChI is InChI=1S/C15H21ClN6/c1-10(12-7-5-6-8-13(12)16)19-15(17-3)18-9-14-21-20-11(2)22(14)4/h5-8,10H,9H2,1-4H3,(H2,17,18,19). The summed E-state index contributed by atoms with van der Waals surface area (Å²) < 4.78 is 1.94. The quantitative estimate of drug-likeness (QED) is 0.669. The first-order valence-corrected chi connectivity index (χ1v) is 7.47. The van der Waals surface area contributed by atoms with Crippen LogP contribution in [0, 0.1) is 6.92 Å². The zero-order chi connectivity index (χ0) is 16.1. The second-order valence-electron chi connectivity index (χ2n) is 5.04. The van der Waals surface area contributed by atoms with Gasteiger partial charge in [-0.15, -0.1) is 10.2 Å². The molecule has 0 bridgehead atoms. The van der Waals surface area contributed by atoms with E-state index in [0.717, 1.165) is 22.2 Å². The molecule has 1 heterocycles. The van der Waals surface area contributed by atoms with E-state index in [9.17, 15) is 0 Å². The maximum absolute atomic E-state index is 6.22. The molecule has 0 aliphatic rings. The van der Waals surface area contributed by atoms with Crippen molar-refractivity contribution in [3.8, 4) is 0 Å². The number of aliphatic imine (C=N–C) groups is 1. The van der Waals surface area contributed by atoms with Gasteiger partial charge in [0.15, 0.2) is 11.8 Å². The number of hydrogen-bond donors (Lipinski definition) is 2. The van der Waals surface area contributed by atoms with Gasteiger partial charge in [-0.3, -0.25) is 4.99 Å². The zero-order valence-electron chi connectivity index (χ0n) is 13.3. The largest absolute Gasteiger partial charge is 0.350 e. The molecule has 2 aromatic rings. The van der Waals surface area contributed by atoms with Gasteiger partial charge in [0.2, 0.25) is 0 Å². The highest BCUT2D eigenvalue weighted by Crippen LogP contribution is 2.21. The predicted octanol–water partition coefficient (Wildman–Crippen LogP) is 2.20. The molecule has 1 atom stereocenters. The smallest absolute Gasteiger partial charge is 0.191 e. The maximum Gasteiger partial charge on any atom is 0.191 e. The van der Waals surface area contributed by atoms with E-state index in [2.05, 4.69) is 25.8 Å². The van der Waals surface area contributed by atoms with Crippen LogP contribution in [0.15, 0.2) is 29.3 Å². The van der Waals surface area contributed by atoms with Crippen LogP contribution in [-0.2, 0) is 13.6 Å². The highest BCUT2D eigenvalue weighted by atomic mass is 35.5. The van der Waals surface area contributed by atoms with Gasteiger partial charge in [-0.05, 0) is 25.5 Å². The second-order valence-corrected chi connectivity index (χ2v) is 5.44. The van der Waals surface area contributed by atoms with Gasteiger partial charge < -0.3 is 15.2 Å². The number of nitrogens with one attached hydrogen (secondary N) is 2. The molecule has 6 nitrogen and oxygen atoms in total. The molecule has 118 valence electrons. The van der Waals surface area contributed by atoms with Crippen LogP contribution in [0.3, 0.4) is 0 Å². The average Bonchev–Trinajstić information content (AvgIpc) is 2.83. The molecule has 2 N–H and O–H groups in total. The Labute approximate surface area is 135 Å². The lowest BCUT2D eigenvalue weighted by Gasteiger charge is -2.19. The number of aryl methyl sites for hydroxylation is 1. The molecule has 1 aromatic carbocycles. The third-order valence-electron chi connectivity index (χ3n) is 3.55. The summed E-state index contributed by atoms with van der Waals surface area (Å²) >= 11 is 6.22. The fourth-order valence-corrected chi connectivity index (χ4v) is 2.37. The number of nitrogens with zero attached hydrogens (tertiary/aromatic N) is 4. The van der Waals surface area contributed by atoms with Crippen LogP contribution in [0.2, 0.25) is 5.02 Å². The minimum Gasteiger partial charge on any atom is -0.350 e. The van der Waals surface area contributed by atoms with Crippen molar-refractivity contribution in [2.24, 2.45) is 12.0 Å². The molecular formula is C15H21ClN6. The van der Waals surface area contributed by atoms with E-state index in [1.165, 1.54) is 0 Å². The number of benzene rings is 1. The average molecular weight is 321 g/mol. The third kappa shape index (κ3) is 3.76. The topological polar surface area (TPSA) is 67.1 Å². The van der Waals surface area contributed by atoms with Gasteiger partial charge in [-0.25, -0.2) is 0 Å². The summed E-state index contributed by atoms with van der Waals surface area (Å²) in [5.41, 5.74) is 1.03. The number of aromatic nitrogens is 3. The highest BCUT2D eigenvalue weighted by molar-refractivity contribution is 6.31. The lowest BCUT2D eigenvalue weighted by Crippen LogP contribution is -2.38. The Morgan fingerprint density at radius 2 is 2.09 bits per heavy atom. The predicted molar refractivity (Wildman–Crippen MR) is 88.9 cm³/mol. The highest BCUT2D eigenvalue weighted by Gasteiger charge is 2.11. The minimum atomic E-state index is 0.0427. The second kappa shape index (κ2) is 7.26. The van der Waals surface area contributed by atoms with Crippen LogP contribution in [0.25, 0.3) is 0 Å². The Bertz CT molecular complexity index is 664. The molecule has 22 heavy (non-hydrogen) atoms. The molecule has 0 amide bonds. The number of halogens is 1. The first-order chi connectivity index (χ1) is 10.5. The van der Waals surface area contributed by atoms with E-state index in [1.54, 1.807) is 7.05 Å². The van der Waals surface area contributed by atoms with E-state index >= 15 is 0 Å². The molecule has 0 fully saturated rings. The van der Waals surface area contributed by atoms with Crippen molar-refractivity contribution in [1.82, 2.24) is 25.4 Å². The van der Waals surface area contributed by atoms with E-state index < -0.39 is 0 Å². The SMILES string of the molecule is CN=C(NCc1nnc(C)n1C)NC(C)c1ccccc1Cl. The summed E-state index contributed by atoms with van der Waals surface area (Å²) in [4.78, 5) is 4.23. The first-order valence-electron chi connectivity index (χ1n) is 7.09. The summed E-state index contributed by atoms with van der Waals surface area (Å²) in [7, 11) is 3.67. The Hall–Kier alpha value is -2.08. The third-order valence-corrected chi connectivity index (χ3v) is 3.89. The van der Waals surface area contributed by atoms with Crippen molar-refractivity contribution in [3.05, 3.63) is 46.5 Å². The van der Waals surface area contributed by atoms with Crippen LogP contribution in [0.4, 0.5) is 0 Å². The summed E-state index contributed by atoms with van der Waals surface area (Å²) in [6.45, 7) is 4.51. The molecular weight excluding hydrogens is 300 g/mol. The van der Waals surface area contributed by atoms with Crippen molar-refractivity contribution in [2.45, 2.75) is 26.4 Å². The summed E-state index contributed by atoms with van der Waals surface area (Å²) in [6.07, 6.45) is 0. The van der Waals surface area contributed by atoms with Crippen LogP contribution in [0.5, 0.6) is 0 Å². The summed E-state index contributed by atoms with van der Waals surface area (Å²) in [5, 5.41) is 15.4. The van der Waals surface area contributed by atoms with Crippen LogP contribution in [-0.4, -0.2) is 27.8 Å². The number of hydrogen-bond acceptors (Lipinski definition) is 3. The van der Waals surface area contributed by atoms with Crippen molar-refractivity contribution in [3.63, 3.8) is 0 Å². The van der Waals surface area contributed by atoms with Crippen molar-refractivity contribution in [1.29, 1.82) is 0 Å². The van der Waals surface area contributed by atoms with Crippen LogP contribution in [0.1, 0.15) is 30.2 Å². The van der Waals surface area contributed by atoms with Gasteiger partial charge in [0.05, 0.1) is 12.6 Å². The van der Waals surface area contributed by atoms with Crippen molar-refractivity contribution in [2.75, 3.05) is 7.05 Å². The molecule has 7 heteroatoms. The monoisotopic (exact) mass is 320 g/mol. The van der Waals surface area contributed by atoms with Gasteiger partial charge >= 0.3 is 0 Å². The number of guanidine groups is 1. The molecule has 0 saturated carbocycles. The Morgan fingerprint density at radius 3 is 2.68 bits per heavy atom. The Kier molecular flexibility index (Phi) is 5.38. The molecule has 2 rings (SSSR count). The first kappa shape index (κ1) is 16.3. The van der Waals surface area contributed by atoms with Gasteiger partial charge in [-0.2, -0.15) is 0 Å². The lowest BCUT2D eigenvalue weighted by molar-refractivity contribution is 0.668. The van der Waals surface area contributed by atoms with Gasteiger partial charge in [0, 0.05) is 19.1 Å². The summed E-state index contributed by atoms with van der Waals surface area (Å²) in [6, 6.07) is 7.81. The van der Waals surface area contributed by atoms with Crippen molar-refractivity contribution >= 4 is 17.6 Å². The normalized spacial score (nSPS) is 13.0. The van der Waals surface area contributed by atoms with Gasteiger partial charge in [-0.1, -0.05) is 29.8 Å². The zero-order valence-corrected chi connectivity index (χ0v) is 14.0. The molecule has 0 spiro atoms. The van der Waals surface area contributed by atoms with E-state index in [-0.39, 0.29) is 6.04 Å². The molecule has 0 radical (unpaired) electrons. The minimum absolute atomic E-state index is 0.0427. The van der Waals surface area contributed by atoms with Crippen LogP contribution < -0.4 is 10.6 Å². The molecule has 1 aromatic heterocycles. The fourth-order valence-electron chi connectivity index (χ4n) is 2.07. The van der Waals surface area contributed by atoms with E-state index in [4.69, 9.17) is 11.6 Å². The number of rotatable bonds is 4. The van der Waals surface area contributed by atoms with E-state index in [1.807, 2.05) is 49.7 Å². The summed E-state index contributed by atoms with van der Waals surface area (Å²) in [5.74, 6) is 2.42. The molecule has 1 unspecified atom stereocenters. The fraction of sp³-hybridized carbons (Fsp3) is 0.400. The molecule has 0 aliphatic carbocycles. The van der Waals surface area contributed by atoms with Gasteiger partial charge in [0.1, 0.15) is 5.82 Å². The molecule has 0 aliphatic heterocycles. The van der Waals surface area contributed by atoms with Crippen LogP contribution >= 0.6 is 11.6 Å². The van der Waals surface area contributed by atoms with Gasteiger partial charge in [0.25, 0.3) is 0 Å². The van der Waals surface area contributed by atoms with E-state index in [0.29, 0.717) is 12.5 Å². The molecule has 0 saturated heterocycles. The Morgan fingerprint density at radius 1 is 1.36 bits per heavy atom.